The maximum atomic E-state index is 12.4. The van der Waals surface area contributed by atoms with E-state index in [4.69, 9.17) is 4.42 Å². The van der Waals surface area contributed by atoms with Crippen LogP contribution in [-0.4, -0.2) is 40.0 Å². The minimum absolute atomic E-state index is 0.136. The largest absolute Gasteiger partial charge is 0.424 e. The highest BCUT2D eigenvalue weighted by Crippen LogP contribution is 2.20. The van der Waals surface area contributed by atoms with Crippen molar-refractivity contribution in [2.75, 3.05) is 23.7 Å². The zero-order valence-corrected chi connectivity index (χ0v) is 17.2. The minimum Gasteiger partial charge on any atom is -0.424 e. The van der Waals surface area contributed by atoms with Crippen LogP contribution in [0.4, 0.5) is 11.4 Å². The number of aromatic nitrogens is 2. The third-order valence-electron chi connectivity index (χ3n) is 4.21. The number of carbonyl (C=O) groups is 2. The number of carbonyl (C=O) groups excluding carboxylic acids is 2. The maximum Gasteiger partial charge on any atom is 0.238 e. The van der Waals surface area contributed by atoms with Gasteiger partial charge in [-0.05, 0) is 43.7 Å². The second-order valence-corrected chi connectivity index (χ2v) is 7.18. The van der Waals surface area contributed by atoms with Crippen molar-refractivity contribution in [2.24, 2.45) is 5.92 Å². The molecule has 0 bridgehead atoms. The first-order chi connectivity index (χ1) is 13.3. The first-order valence-corrected chi connectivity index (χ1v) is 9.52. The summed E-state index contributed by atoms with van der Waals surface area (Å²) in [5, 5.41) is 13.8. The molecule has 1 aromatic carbocycles. The Labute approximate surface area is 165 Å². The molecule has 0 aliphatic carbocycles. The predicted octanol–water partition coefficient (Wildman–Crippen LogP) is 3.25. The average molecular weight is 387 g/mol. The van der Waals surface area contributed by atoms with Crippen LogP contribution in [0.3, 0.4) is 0 Å². The zero-order valence-electron chi connectivity index (χ0n) is 17.2. The Balaban J connectivity index is 1.94. The average Bonchev–Trinajstić information content (AvgIpc) is 3.08. The van der Waals surface area contributed by atoms with E-state index < -0.39 is 0 Å². The highest BCUT2D eigenvalue weighted by atomic mass is 16.4. The molecule has 1 atom stereocenters. The molecule has 2 N–H and O–H groups in total. The molecule has 2 aromatic rings. The van der Waals surface area contributed by atoms with Gasteiger partial charge in [0.2, 0.25) is 23.6 Å². The minimum atomic E-state index is -0.161. The van der Waals surface area contributed by atoms with Crippen LogP contribution in [0, 0.1) is 5.92 Å². The smallest absolute Gasteiger partial charge is 0.238 e. The summed E-state index contributed by atoms with van der Waals surface area (Å²) < 4.78 is 5.75. The number of rotatable bonds is 9. The predicted molar refractivity (Wildman–Crippen MR) is 108 cm³/mol. The zero-order chi connectivity index (χ0) is 20.7. The highest BCUT2D eigenvalue weighted by molar-refractivity contribution is 5.93. The summed E-state index contributed by atoms with van der Waals surface area (Å²) in [6, 6.07) is 6.82. The SMILES string of the molecule is CCN(CC(=O)Nc1ccc(NC(C)=O)cc1)C(C)c1nnc(CC(C)C)o1. The van der Waals surface area contributed by atoms with Crippen molar-refractivity contribution in [1.29, 1.82) is 0 Å². The molecule has 8 nitrogen and oxygen atoms in total. The topological polar surface area (TPSA) is 100 Å². The lowest BCUT2D eigenvalue weighted by Crippen LogP contribution is -2.35. The van der Waals surface area contributed by atoms with Crippen molar-refractivity contribution in [2.45, 2.75) is 47.1 Å². The van der Waals surface area contributed by atoms with Gasteiger partial charge in [0, 0.05) is 24.7 Å². The van der Waals surface area contributed by atoms with Gasteiger partial charge in [-0.3, -0.25) is 14.5 Å². The number of benzene rings is 1. The standard InChI is InChI=1S/C20H29N5O3/c1-6-25(14(4)20-24-23-19(28-20)11-13(2)3)12-18(27)22-17-9-7-16(8-10-17)21-15(5)26/h7-10,13-14H,6,11-12H2,1-5H3,(H,21,26)(H,22,27). The molecule has 2 rings (SSSR count). The van der Waals surface area contributed by atoms with Crippen molar-refractivity contribution < 1.29 is 14.0 Å². The van der Waals surface area contributed by atoms with Crippen molar-refractivity contribution in [1.82, 2.24) is 15.1 Å². The van der Waals surface area contributed by atoms with E-state index in [1.165, 1.54) is 6.92 Å². The number of likely N-dealkylation sites (N-methyl/N-ethyl adjacent to an activating group) is 1. The normalized spacial score (nSPS) is 12.2. The molecular weight excluding hydrogens is 358 g/mol. The van der Waals surface area contributed by atoms with E-state index in [0.29, 0.717) is 35.6 Å². The summed E-state index contributed by atoms with van der Waals surface area (Å²) in [6.45, 7) is 10.4. The number of hydrogen-bond donors (Lipinski definition) is 2. The second-order valence-electron chi connectivity index (χ2n) is 7.18. The van der Waals surface area contributed by atoms with E-state index >= 15 is 0 Å². The van der Waals surface area contributed by atoms with Gasteiger partial charge < -0.3 is 15.1 Å². The Kier molecular flexibility index (Phi) is 7.69. The number of hydrogen-bond acceptors (Lipinski definition) is 6. The molecule has 1 aromatic heterocycles. The molecular formula is C20H29N5O3. The van der Waals surface area contributed by atoms with Crippen LogP contribution < -0.4 is 10.6 Å². The molecule has 0 saturated heterocycles. The third-order valence-corrected chi connectivity index (χ3v) is 4.21. The second kappa shape index (κ2) is 9.98. The lowest BCUT2D eigenvalue weighted by atomic mass is 10.1. The molecule has 0 radical (unpaired) electrons. The summed E-state index contributed by atoms with van der Waals surface area (Å²) in [6.07, 6.45) is 0.737. The molecule has 0 spiro atoms. The third kappa shape index (κ3) is 6.45. The number of anilines is 2. The fraction of sp³-hybridized carbons (Fsp3) is 0.500. The fourth-order valence-electron chi connectivity index (χ4n) is 2.77. The van der Waals surface area contributed by atoms with Crippen molar-refractivity contribution >= 4 is 23.2 Å². The van der Waals surface area contributed by atoms with Crippen LogP contribution in [-0.2, 0) is 16.0 Å². The van der Waals surface area contributed by atoms with Gasteiger partial charge in [-0.1, -0.05) is 20.8 Å². The van der Waals surface area contributed by atoms with Gasteiger partial charge in [0.25, 0.3) is 0 Å². The lowest BCUT2D eigenvalue weighted by molar-refractivity contribution is -0.118. The van der Waals surface area contributed by atoms with Crippen LogP contribution in [0.25, 0.3) is 0 Å². The lowest BCUT2D eigenvalue weighted by Gasteiger charge is -2.24. The van der Waals surface area contributed by atoms with E-state index in [-0.39, 0.29) is 24.4 Å². The van der Waals surface area contributed by atoms with E-state index in [9.17, 15) is 9.59 Å². The Morgan fingerprint density at radius 3 is 2.21 bits per heavy atom. The van der Waals surface area contributed by atoms with E-state index in [1.807, 2.05) is 18.7 Å². The molecule has 1 heterocycles. The first kappa shape index (κ1) is 21.6. The van der Waals surface area contributed by atoms with Gasteiger partial charge >= 0.3 is 0 Å². The Morgan fingerprint density at radius 1 is 1.07 bits per heavy atom. The summed E-state index contributed by atoms with van der Waals surface area (Å²) in [7, 11) is 0. The van der Waals surface area contributed by atoms with Crippen molar-refractivity contribution in [3.63, 3.8) is 0 Å². The van der Waals surface area contributed by atoms with E-state index in [1.54, 1.807) is 24.3 Å². The molecule has 2 amide bonds. The van der Waals surface area contributed by atoms with Crippen LogP contribution >= 0.6 is 0 Å². The number of nitrogens with one attached hydrogen (secondary N) is 2. The molecule has 0 fully saturated rings. The van der Waals surface area contributed by atoms with Crippen LogP contribution in [0.1, 0.15) is 52.4 Å². The fourth-order valence-corrected chi connectivity index (χ4v) is 2.77. The first-order valence-electron chi connectivity index (χ1n) is 9.52. The summed E-state index contributed by atoms with van der Waals surface area (Å²) in [5.41, 5.74) is 1.35. The molecule has 152 valence electrons. The van der Waals surface area contributed by atoms with E-state index in [0.717, 1.165) is 6.42 Å². The summed E-state index contributed by atoms with van der Waals surface area (Å²) >= 11 is 0. The summed E-state index contributed by atoms with van der Waals surface area (Å²) in [5.74, 6) is 1.31. The van der Waals surface area contributed by atoms with Gasteiger partial charge in [0.1, 0.15) is 0 Å². The van der Waals surface area contributed by atoms with Crippen molar-refractivity contribution in [3.8, 4) is 0 Å². The van der Waals surface area contributed by atoms with Crippen LogP contribution in [0.2, 0.25) is 0 Å². The molecule has 28 heavy (non-hydrogen) atoms. The van der Waals surface area contributed by atoms with Gasteiger partial charge in [-0.2, -0.15) is 0 Å². The maximum absolute atomic E-state index is 12.4. The Morgan fingerprint density at radius 2 is 1.68 bits per heavy atom. The van der Waals surface area contributed by atoms with Gasteiger partial charge in [-0.25, -0.2) is 0 Å². The molecule has 8 heteroatoms. The quantitative estimate of drug-likeness (QED) is 0.685. The van der Waals surface area contributed by atoms with Crippen LogP contribution in [0.15, 0.2) is 28.7 Å². The van der Waals surface area contributed by atoms with Gasteiger partial charge in [0.15, 0.2) is 0 Å². The molecule has 1 unspecified atom stereocenters. The Hall–Kier alpha value is -2.74. The highest BCUT2D eigenvalue weighted by Gasteiger charge is 2.22. The Bertz CT molecular complexity index is 785. The molecule has 0 aliphatic rings. The van der Waals surface area contributed by atoms with E-state index in [2.05, 4.69) is 34.7 Å². The monoisotopic (exact) mass is 387 g/mol. The number of nitrogens with zero attached hydrogens (tertiary/aromatic N) is 3. The van der Waals surface area contributed by atoms with Gasteiger partial charge in [0.05, 0.1) is 12.6 Å². The van der Waals surface area contributed by atoms with Crippen molar-refractivity contribution in [3.05, 3.63) is 36.0 Å². The molecule has 0 saturated carbocycles. The number of amides is 2. The van der Waals surface area contributed by atoms with Crippen LogP contribution in [0.5, 0.6) is 0 Å². The summed E-state index contributed by atoms with van der Waals surface area (Å²) in [4.78, 5) is 25.5. The van der Waals surface area contributed by atoms with Gasteiger partial charge in [-0.15, -0.1) is 10.2 Å². The molecule has 0 aliphatic heterocycles.